The Balaban J connectivity index is 1.79. The fourth-order valence-corrected chi connectivity index (χ4v) is 5.37. The Morgan fingerprint density at radius 3 is 2.63 bits per heavy atom. The number of rotatable bonds is 2. The average Bonchev–Trinajstić information content (AvgIpc) is 3.16. The fraction of sp³-hybridized carbons (Fsp3) is 0.700. The number of hydrogen-bond acceptors (Lipinski definition) is 7. The number of allylic oxidation sites excluding steroid dienone is 1. The van der Waals surface area contributed by atoms with E-state index in [0.717, 1.165) is 0 Å². The van der Waals surface area contributed by atoms with Crippen LogP contribution in [0.15, 0.2) is 23.8 Å². The molecular weight excluding hydrogens is 352 g/mol. The van der Waals surface area contributed by atoms with Crippen molar-refractivity contribution < 1.29 is 33.9 Å². The highest BCUT2D eigenvalue weighted by atomic mass is 17.2. The minimum absolute atomic E-state index is 0.0997. The van der Waals surface area contributed by atoms with E-state index in [-0.39, 0.29) is 17.9 Å². The highest BCUT2D eigenvalue weighted by Crippen LogP contribution is 2.64. The molecule has 2 saturated carbocycles. The molecule has 148 valence electrons. The van der Waals surface area contributed by atoms with E-state index in [4.69, 9.17) is 19.2 Å². The van der Waals surface area contributed by atoms with E-state index in [2.05, 4.69) is 6.58 Å². The maximum atomic E-state index is 12.4. The largest absolute Gasteiger partial charge is 0.458 e. The Hall–Kier alpha value is -1.70. The summed E-state index contributed by atoms with van der Waals surface area (Å²) in [5.41, 5.74) is -2.32. The molecule has 2 bridgehead atoms. The van der Waals surface area contributed by atoms with Crippen molar-refractivity contribution in [3.05, 3.63) is 23.8 Å². The van der Waals surface area contributed by atoms with Crippen LogP contribution in [-0.4, -0.2) is 46.1 Å². The second-order valence-corrected chi connectivity index (χ2v) is 8.66. The summed E-state index contributed by atoms with van der Waals surface area (Å²) in [7, 11) is 0. The van der Waals surface area contributed by atoms with Crippen LogP contribution in [0.3, 0.4) is 0 Å². The SMILES string of the molecule is C=C1C(=O)O[C@H]2[C@H]1[C@@H](OC(=O)/C(C)=C/C)C[C@@](C)(O)[C@@]13CC[C@@](C)(OO1)[C@H]23. The molecule has 0 unspecified atom stereocenters. The lowest BCUT2D eigenvalue weighted by atomic mass is 9.72. The van der Waals surface area contributed by atoms with Gasteiger partial charge in [0.1, 0.15) is 23.4 Å². The zero-order chi connectivity index (χ0) is 19.8. The Kier molecular flexibility index (Phi) is 3.91. The summed E-state index contributed by atoms with van der Waals surface area (Å²) in [4.78, 5) is 36.1. The monoisotopic (exact) mass is 378 g/mol. The highest BCUT2D eigenvalue weighted by Gasteiger charge is 2.77. The summed E-state index contributed by atoms with van der Waals surface area (Å²) < 4.78 is 11.4. The van der Waals surface area contributed by atoms with Crippen LogP contribution in [0.2, 0.25) is 0 Å². The first-order valence-electron chi connectivity index (χ1n) is 9.39. The third-order valence-electron chi connectivity index (χ3n) is 7.05. The van der Waals surface area contributed by atoms with Crippen LogP contribution < -0.4 is 0 Å². The Morgan fingerprint density at radius 2 is 2.04 bits per heavy atom. The fourth-order valence-electron chi connectivity index (χ4n) is 5.37. The van der Waals surface area contributed by atoms with Gasteiger partial charge < -0.3 is 14.6 Å². The zero-order valence-electron chi connectivity index (χ0n) is 16.1. The van der Waals surface area contributed by atoms with Crippen LogP contribution in [0.1, 0.15) is 47.0 Å². The molecule has 7 heteroatoms. The van der Waals surface area contributed by atoms with Crippen molar-refractivity contribution in [2.24, 2.45) is 11.8 Å². The van der Waals surface area contributed by atoms with Gasteiger partial charge in [-0.05, 0) is 40.5 Å². The predicted octanol–water partition coefficient (Wildman–Crippen LogP) is 1.99. The second-order valence-electron chi connectivity index (χ2n) is 8.66. The van der Waals surface area contributed by atoms with E-state index in [1.807, 2.05) is 6.92 Å². The van der Waals surface area contributed by atoms with Crippen molar-refractivity contribution in [3.63, 3.8) is 0 Å². The lowest BCUT2D eigenvalue weighted by molar-refractivity contribution is -0.394. The van der Waals surface area contributed by atoms with Gasteiger partial charge in [0.2, 0.25) is 0 Å². The topological polar surface area (TPSA) is 91.3 Å². The Labute approximate surface area is 158 Å². The van der Waals surface area contributed by atoms with E-state index in [1.54, 1.807) is 26.8 Å². The number of esters is 2. The standard InChI is InChI=1S/C20H26O7/c1-6-10(2)16(21)24-12-9-19(5,23)20-8-7-18(4,26-27-20)15(20)14-13(12)11(3)17(22)25-14/h6,12-15,23H,3,7-9H2,1-2,4-5H3/b10-6+/t12-,13+,14-,15-,18+,19+,20-/m0/s1. The molecule has 2 aliphatic carbocycles. The van der Waals surface area contributed by atoms with E-state index < -0.39 is 46.9 Å². The van der Waals surface area contributed by atoms with Gasteiger partial charge in [0, 0.05) is 17.6 Å². The third kappa shape index (κ3) is 2.31. The van der Waals surface area contributed by atoms with Crippen molar-refractivity contribution in [1.82, 2.24) is 0 Å². The minimum atomic E-state index is -1.34. The van der Waals surface area contributed by atoms with Crippen molar-refractivity contribution in [1.29, 1.82) is 0 Å². The van der Waals surface area contributed by atoms with Gasteiger partial charge in [0.25, 0.3) is 0 Å². The van der Waals surface area contributed by atoms with Crippen LogP contribution in [0, 0.1) is 11.8 Å². The summed E-state index contributed by atoms with van der Waals surface area (Å²) in [6.45, 7) is 10.9. The summed E-state index contributed by atoms with van der Waals surface area (Å²) in [6.07, 6.45) is 1.64. The van der Waals surface area contributed by atoms with Crippen LogP contribution in [0.25, 0.3) is 0 Å². The van der Waals surface area contributed by atoms with Crippen molar-refractivity contribution in [3.8, 4) is 0 Å². The molecule has 0 aromatic heterocycles. The van der Waals surface area contributed by atoms with Gasteiger partial charge in [0.15, 0.2) is 0 Å². The van der Waals surface area contributed by atoms with Gasteiger partial charge in [-0.2, -0.15) is 0 Å². The van der Waals surface area contributed by atoms with Gasteiger partial charge in [-0.25, -0.2) is 19.4 Å². The van der Waals surface area contributed by atoms with Crippen LogP contribution in [-0.2, 0) is 28.8 Å². The summed E-state index contributed by atoms with van der Waals surface area (Å²) >= 11 is 0. The van der Waals surface area contributed by atoms with Crippen molar-refractivity contribution in [2.45, 2.75) is 76.0 Å². The molecule has 7 nitrogen and oxygen atoms in total. The summed E-state index contributed by atoms with van der Waals surface area (Å²) in [5, 5.41) is 11.4. The van der Waals surface area contributed by atoms with E-state index >= 15 is 0 Å². The number of hydrogen-bond donors (Lipinski definition) is 1. The molecule has 1 N–H and O–H groups in total. The van der Waals surface area contributed by atoms with Gasteiger partial charge >= 0.3 is 11.9 Å². The summed E-state index contributed by atoms with van der Waals surface area (Å²) in [6, 6.07) is 0. The van der Waals surface area contributed by atoms with Gasteiger partial charge in [-0.15, -0.1) is 0 Å². The maximum Gasteiger partial charge on any atom is 0.334 e. The molecule has 2 heterocycles. The molecular formula is C20H26O7. The van der Waals surface area contributed by atoms with E-state index in [9.17, 15) is 14.7 Å². The Bertz CT molecular complexity index is 741. The second kappa shape index (κ2) is 5.65. The van der Waals surface area contributed by atoms with Crippen LogP contribution in [0.5, 0.6) is 0 Å². The number of carbonyl (C=O) groups is 2. The smallest absolute Gasteiger partial charge is 0.334 e. The molecule has 0 amide bonds. The number of ether oxygens (including phenoxy) is 2. The Morgan fingerprint density at radius 1 is 1.33 bits per heavy atom. The molecule has 27 heavy (non-hydrogen) atoms. The van der Waals surface area contributed by atoms with Gasteiger partial charge in [-0.1, -0.05) is 12.7 Å². The molecule has 2 aliphatic heterocycles. The van der Waals surface area contributed by atoms with Crippen molar-refractivity contribution in [2.75, 3.05) is 0 Å². The van der Waals surface area contributed by atoms with Gasteiger partial charge in [0.05, 0.1) is 17.4 Å². The normalized spacial score (nSPS) is 48.7. The minimum Gasteiger partial charge on any atom is -0.458 e. The first kappa shape index (κ1) is 18.7. The average molecular weight is 378 g/mol. The molecule has 4 fully saturated rings. The number of fused-ring (bicyclic) bond motifs is 1. The number of carbonyl (C=O) groups excluding carboxylic acids is 2. The molecule has 4 rings (SSSR count). The van der Waals surface area contributed by atoms with Crippen LogP contribution >= 0.6 is 0 Å². The lowest BCUT2D eigenvalue weighted by Crippen LogP contribution is -2.56. The molecule has 0 spiro atoms. The first-order valence-corrected chi connectivity index (χ1v) is 9.39. The van der Waals surface area contributed by atoms with E-state index in [0.29, 0.717) is 18.4 Å². The quantitative estimate of drug-likeness (QED) is 0.446. The highest BCUT2D eigenvalue weighted by molar-refractivity contribution is 5.91. The molecule has 2 saturated heterocycles. The molecule has 7 atom stereocenters. The van der Waals surface area contributed by atoms with Crippen LogP contribution in [0.4, 0.5) is 0 Å². The lowest BCUT2D eigenvalue weighted by Gasteiger charge is -2.41. The molecule has 0 aromatic rings. The predicted molar refractivity (Wildman–Crippen MR) is 93.1 cm³/mol. The van der Waals surface area contributed by atoms with Gasteiger partial charge in [-0.3, -0.25) is 0 Å². The van der Waals surface area contributed by atoms with Crippen molar-refractivity contribution >= 4 is 11.9 Å². The zero-order valence-corrected chi connectivity index (χ0v) is 16.1. The first-order chi connectivity index (χ1) is 12.6. The number of aliphatic hydroxyl groups is 1. The molecule has 4 aliphatic rings. The third-order valence-corrected chi connectivity index (χ3v) is 7.05. The van der Waals surface area contributed by atoms with E-state index in [1.165, 1.54) is 0 Å². The summed E-state index contributed by atoms with van der Waals surface area (Å²) in [5.74, 6) is -1.91. The molecule has 0 aromatic carbocycles. The molecule has 0 radical (unpaired) electrons. The maximum absolute atomic E-state index is 12.4.